The molecule has 1 fully saturated rings. The smallest absolute Gasteiger partial charge is 0.406 e. The third-order valence-corrected chi connectivity index (χ3v) is 6.23. The van der Waals surface area contributed by atoms with Crippen LogP contribution in [0.3, 0.4) is 0 Å². The first-order valence-corrected chi connectivity index (χ1v) is 11.9. The highest BCUT2D eigenvalue weighted by Gasteiger charge is 2.31. The van der Waals surface area contributed by atoms with Crippen LogP contribution < -0.4 is 15.2 Å². The molecule has 0 unspecified atom stereocenters. The largest absolute Gasteiger partial charge is 0.573 e. The van der Waals surface area contributed by atoms with Crippen molar-refractivity contribution in [3.63, 3.8) is 0 Å². The number of aromatic nitrogens is 4. The zero-order chi connectivity index (χ0) is 26.0. The molecule has 4 aromatic rings. The lowest BCUT2D eigenvalue weighted by Gasteiger charge is -2.28. The minimum Gasteiger partial charge on any atom is -0.406 e. The summed E-state index contributed by atoms with van der Waals surface area (Å²) in [6.07, 6.45) is 0.497. The van der Waals surface area contributed by atoms with Crippen molar-refractivity contribution in [2.75, 3.05) is 18.0 Å². The average molecular weight is 512 g/mol. The summed E-state index contributed by atoms with van der Waals surface area (Å²) < 4.78 is 48.1. The van der Waals surface area contributed by atoms with Gasteiger partial charge >= 0.3 is 6.36 Å². The highest BCUT2D eigenvalue weighted by atomic mass is 19.4. The number of anilines is 1. The summed E-state index contributed by atoms with van der Waals surface area (Å²) in [5, 5.41) is 3.90. The summed E-state index contributed by atoms with van der Waals surface area (Å²) in [6, 6.07) is 12.4. The van der Waals surface area contributed by atoms with Gasteiger partial charge in [0.15, 0.2) is 0 Å². The van der Waals surface area contributed by atoms with Crippen LogP contribution in [0.15, 0.2) is 64.0 Å². The van der Waals surface area contributed by atoms with Crippen LogP contribution in [0.25, 0.3) is 22.8 Å². The first-order chi connectivity index (χ1) is 17.8. The van der Waals surface area contributed by atoms with E-state index in [2.05, 4.69) is 24.8 Å². The van der Waals surface area contributed by atoms with E-state index in [1.807, 2.05) is 19.1 Å². The summed E-state index contributed by atoms with van der Waals surface area (Å²) in [5.74, 6) is 0.710. The maximum Gasteiger partial charge on any atom is 0.573 e. The highest BCUT2D eigenvalue weighted by molar-refractivity contribution is 5.60. The van der Waals surface area contributed by atoms with Gasteiger partial charge in [-0.05, 0) is 80.3 Å². The van der Waals surface area contributed by atoms with Gasteiger partial charge < -0.3 is 18.7 Å². The molecule has 1 saturated heterocycles. The molecule has 0 bridgehead atoms. The predicted octanol–water partition coefficient (Wildman–Crippen LogP) is 5.21. The lowest BCUT2D eigenvalue weighted by molar-refractivity contribution is -0.274. The van der Waals surface area contributed by atoms with E-state index in [4.69, 9.17) is 4.52 Å². The summed E-state index contributed by atoms with van der Waals surface area (Å²) in [5.41, 5.74) is 2.07. The highest BCUT2D eigenvalue weighted by Crippen LogP contribution is 2.26. The number of hydrogen-bond donors (Lipinski definition) is 0. The Morgan fingerprint density at radius 1 is 1.03 bits per heavy atom. The monoisotopic (exact) mass is 511 g/mol. The first kappa shape index (κ1) is 24.5. The Balaban J connectivity index is 1.38. The summed E-state index contributed by atoms with van der Waals surface area (Å²) in [4.78, 5) is 24.5. The van der Waals surface area contributed by atoms with Gasteiger partial charge in [-0.15, -0.1) is 13.2 Å². The Bertz CT molecular complexity index is 1440. The van der Waals surface area contributed by atoms with Crippen molar-refractivity contribution in [3.05, 3.63) is 76.3 Å². The summed E-state index contributed by atoms with van der Waals surface area (Å²) in [7, 11) is 0. The SMILES string of the molecule is Cc1ccc(-c2nc(-c3ccc(OC(F)(F)F)cc3)no2)c(=O)n1Cc1ccnc(N2CCCCC2)c1. The van der Waals surface area contributed by atoms with Crippen LogP contribution >= 0.6 is 0 Å². The van der Waals surface area contributed by atoms with E-state index in [9.17, 15) is 18.0 Å². The Labute approximate surface area is 210 Å². The molecule has 192 valence electrons. The zero-order valence-corrected chi connectivity index (χ0v) is 20.0. The van der Waals surface area contributed by atoms with Gasteiger partial charge in [-0.2, -0.15) is 4.98 Å². The molecule has 0 spiro atoms. The molecule has 5 rings (SSSR count). The normalized spacial score (nSPS) is 14.1. The van der Waals surface area contributed by atoms with Gasteiger partial charge in [0.1, 0.15) is 17.1 Å². The molecule has 4 heterocycles. The van der Waals surface area contributed by atoms with Crippen molar-refractivity contribution in [1.29, 1.82) is 0 Å². The van der Waals surface area contributed by atoms with E-state index in [1.165, 1.54) is 18.6 Å². The third-order valence-electron chi connectivity index (χ3n) is 6.23. The van der Waals surface area contributed by atoms with Crippen molar-refractivity contribution in [3.8, 4) is 28.6 Å². The molecule has 1 aliphatic heterocycles. The molecule has 0 aliphatic carbocycles. The number of rotatable bonds is 6. The Kier molecular flexibility index (Phi) is 6.68. The standard InChI is InChI=1S/C26H24F3N5O3/c1-17-5-10-21(24-31-23(32-37-24)19-6-8-20(9-7-19)36-26(27,28)29)25(35)34(17)16-18-11-12-30-22(15-18)33-13-3-2-4-14-33/h5-12,15H,2-4,13-14,16H2,1H3. The topological polar surface area (TPSA) is 86.3 Å². The van der Waals surface area contributed by atoms with E-state index >= 15 is 0 Å². The fourth-order valence-corrected chi connectivity index (χ4v) is 4.32. The van der Waals surface area contributed by atoms with Crippen molar-refractivity contribution in [1.82, 2.24) is 19.7 Å². The van der Waals surface area contributed by atoms with Crippen LogP contribution in [-0.2, 0) is 6.54 Å². The molecule has 0 N–H and O–H groups in total. The number of piperidine rings is 1. The number of aryl methyl sites for hydroxylation is 1. The Hall–Kier alpha value is -4.15. The predicted molar refractivity (Wildman–Crippen MR) is 130 cm³/mol. The molecule has 0 saturated carbocycles. The van der Waals surface area contributed by atoms with Gasteiger partial charge in [-0.3, -0.25) is 4.79 Å². The quantitative estimate of drug-likeness (QED) is 0.351. The number of hydrogen-bond acceptors (Lipinski definition) is 7. The second-order valence-corrected chi connectivity index (χ2v) is 8.85. The Morgan fingerprint density at radius 3 is 2.51 bits per heavy atom. The molecule has 1 aromatic carbocycles. The molecular weight excluding hydrogens is 487 g/mol. The van der Waals surface area contributed by atoms with Crippen molar-refractivity contribution < 1.29 is 22.4 Å². The van der Waals surface area contributed by atoms with Gasteiger partial charge in [-0.25, -0.2) is 4.98 Å². The number of ether oxygens (including phenoxy) is 1. The van der Waals surface area contributed by atoms with E-state index in [1.54, 1.807) is 22.9 Å². The van der Waals surface area contributed by atoms with Gasteiger partial charge in [0.05, 0.1) is 6.54 Å². The van der Waals surface area contributed by atoms with E-state index < -0.39 is 6.36 Å². The minimum absolute atomic E-state index is 0.0214. The third kappa shape index (κ3) is 5.65. The fraction of sp³-hybridized carbons (Fsp3) is 0.308. The molecule has 0 amide bonds. The van der Waals surface area contributed by atoms with Crippen LogP contribution in [-0.4, -0.2) is 39.1 Å². The van der Waals surface area contributed by atoms with Crippen LogP contribution in [0.2, 0.25) is 0 Å². The van der Waals surface area contributed by atoms with Gasteiger partial charge in [0.2, 0.25) is 5.82 Å². The zero-order valence-electron chi connectivity index (χ0n) is 20.0. The molecule has 8 nitrogen and oxygen atoms in total. The van der Waals surface area contributed by atoms with Gasteiger partial charge in [0.25, 0.3) is 11.4 Å². The minimum atomic E-state index is -4.78. The fourth-order valence-electron chi connectivity index (χ4n) is 4.32. The second-order valence-electron chi connectivity index (χ2n) is 8.85. The Morgan fingerprint density at radius 2 is 1.78 bits per heavy atom. The number of halogens is 3. The molecule has 1 aliphatic rings. The molecule has 3 aromatic heterocycles. The molecule has 11 heteroatoms. The molecule has 0 atom stereocenters. The number of pyridine rings is 2. The van der Waals surface area contributed by atoms with Crippen LogP contribution in [0.1, 0.15) is 30.5 Å². The molecular formula is C26H24F3N5O3. The van der Waals surface area contributed by atoms with Crippen LogP contribution in [0.4, 0.5) is 19.0 Å². The lowest BCUT2D eigenvalue weighted by atomic mass is 10.1. The number of alkyl halides is 3. The van der Waals surface area contributed by atoms with Crippen molar-refractivity contribution in [2.24, 2.45) is 0 Å². The number of nitrogens with zero attached hydrogens (tertiary/aromatic N) is 5. The van der Waals surface area contributed by atoms with Crippen LogP contribution in [0.5, 0.6) is 5.75 Å². The maximum atomic E-state index is 13.4. The maximum absolute atomic E-state index is 13.4. The van der Waals surface area contributed by atoms with Gasteiger partial charge in [0, 0.05) is 30.5 Å². The molecule has 37 heavy (non-hydrogen) atoms. The second kappa shape index (κ2) is 10.1. The average Bonchev–Trinajstić information content (AvgIpc) is 3.37. The van der Waals surface area contributed by atoms with Crippen molar-refractivity contribution >= 4 is 5.82 Å². The van der Waals surface area contributed by atoms with Crippen molar-refractivity contribution in [2.45, 2.75) is 39.1 Å². The van der Waals surface area contributed by atoms with Crippen LogP contribution in [0, 0.1) is 6.92 Å². The first-order valence-electron chi connectivity index (χ1n) is 11.9. The summed E-state index contributed by atoms with van der Waals surface area (Å²) >= 11 is 0. The summed E-state index contributed by atoms with van der Waals surface area (Å²) in [6.45, 7) is 4.15. The van der Waals surface area contributed by atoms with E-state index in [0.717, 1.165) is 55.1 Å². The van der Waals surface area contributed by atoms with E-state index in [-0.39, 0.29) is 28.6 Å². The van der Waals surface area contributed by atoms with E-state index in [0.29, 0.717) is 12.1 Å². The number of benzene rings is 1. The van der Waals surface area contributed by atoms with Gasteiger partial charge in [-0.1, -0.05) is 5.16 Å². The molecule has 0 radical (unpaired) electrons. The lowest BCUT2D eigenvalue weighted by Crippen LogP contribution is -2.30.